The predicted octanol–water partition coefficient (Wildman–Crippen LogP) is 0.983. The fourth-order valence-corrected chi connectivity index (χ4v) is 1.70. The van der Waals surface area contributed by atoms with E-state index in [4.69, 9.17) is 10.5 Å². The summed E-state index contributed by atoms with van der Waals surface area (Å²) in [5, 5.41) is 2.99. The van der Waals surface area contributed by atoms with E-state index in [1.165, 1.54) is 4.57 Å². The third-order valence-electron chi connectivity index (χ3n) is 2.77. The van der Waals surface area contributed by atoms with Crippen molar-refractivity contribution in [3.8, 4) is 5.75 Å². The van der Waals surface area contributed by atoms with Crippen molar-refractivity contribution in [1.29, 1.82) is 0 Å². The zero-order valence-corrected chi connectivity index (χ0v) is 10.9. The van der Waals surface area contributed by atoms with Crippen molar-refractivity contribution in [2.75, 3.05) is 18.2 Å². The van der Waals surface area contributed by atoms with Crippen molar-refractivity contribution in [2.45, 2.75) is 6.54 Å². The molecule has 2 aromatic rings. The quantitative estimate of drug-likeness (QED) is 0.801. The maximum atomic E-state index is 11.8. The molecule has 1 aromatic carbocycles. The lowest BCUT2D eigenvalue weighted by Crippen LogP contribution is -2.21. The molecular weight excluding hydrogens is 244 g/mol. The lowest BCUT2D eigenvalue weighted by atomic mass is 10.2. The van der Waals surface area contributed by atoms with Gasteiger partial charge >= 0.3 is 0 Å². The largest absolute Gasteiger partial charge is 0.495 e. The van der Waals surface area contributed by atoms with Crippen LogP contribution in [-0.2, 0) is 13.6 Å². The molecule has 100 valence electrons. The second-order valence-corrected chi connectivity index (χ2v) is 4.12. The van der Waals surface area contributed by atoms with Crippen LogP contribution in [0, 0.1) is 0 Å². The Balaban J connectivity index is 2.12. The van der Waals surface area contributed by atoms with Gasteiger partial charge in [-0.25, -0.2) is 4.98 Å². The van der Waals surface area contributed by atoms with Crippen LogP contribution >= 0.6 is 0 Å². The van der Waals surface area contributed by atoms with Gasteiger partial charge in [0, 0.05) is 26.0 Å². The van der Waals surface area contributed by atoms with Crippen molar-refractivity contribution in [2.24, 2.45) is 7.05 Å². The molecule has 0 unspecified atom stereocenters. The number of nitrogen functional groups attached to an aromatic ring is 1. The van der Waals surface area contributed by atoms with Crippen LogP contribution in [0.5, 0.6) is 5.75 Å². The summed E-state index contributed by atoms with van der Waals surface area (Å²) >= 11 is 0. The highest BCUT2D eigenvalue weighted by molar-refractivity contribution is 5.54. The summed E-state index contributed by atoms with van der Waals surface area (Å²) in [6.07, 6.45) is 3.19. The summed E-state index contributed by atoms with van der Waals surface area (Å²) in [7, 11) is 3.25. The Kier molecular flexibility index (Phi) is 3.70. The average Bonchev–Trinajstić information content (AvgIpc) is 2.40. The summed E-state index contributed by atoms with van der Waals surface area (Å²) < 4.78 is 6.56. The van der Waals surface area contributed by atoms with E-state index < -0.39 is 0 Å². The second kappa shape index (κ2) is 5.43. The van der Waals surface area contributed by atoms with E-state index in [1.807, 2.05) is 6.07 Å². The minimum atomic E-state index is -0.163. The number of nitrogens with one attached hydrogen (secondary N) is 1. The van der Waals surface area contributed by atoms with Gasteiger partial charge in [-0.1, -0.05) is 6.07 Å². The van der Waals surface area contributed by atoms with Crippen molar-refractivity contribution in [1.82, 2.24) is 9.55 Å². The van der Waals surface area contributed by atoms with Crippen molar-refractivity contribution < 1.29 is 4.74 Å². The van der Waals surface area contributed by atoms with Gasteiger partial charge in [-0.3, -0.25) is 4.79 Å². The van der Waals surface area contributed by atoms with Crippen LogP contribution in [0.4, 0.5) is 11.5 Å². The summed E-state index contributed by atoms with van der Waals surface area (Å²) in [4.78, 5) is 15.8. The van der Waals surface area contributed by atoms with Gasteiger partial charge in [0.25, 0.3) is 5.56 Å². The van der Waals surface area contributed by atoms with E-state index >= 15 is 0 Å². The number of methoxy groups -OCH3 is 1. The highest BCUT2D eigenvalue weighted by Crippen LogP contribution is 2.21. The SMILES string of the molecule is COc1ccc(CNc2nccn(C)c2=O)cc1N. The molecule has 0 fully saturated rings. The zero-order chi connectivity index (χ0) is 13.8. The maximum Gasteiger partial charge on any atom is 0.293 e. The Morgan fingerprint density at radius 1 is 1.47 bits per heavy atom. The Morgan fingerprint density at radius 3 is 2.95 bits per heavy atom. The third-order valence-corrected chi connectivity index (χ3v) is 2.77. The van der Waals surface area contributed by atoms with Gasteiger partial charge in [-0.2, -0.15) is 0 Å². The van der Waals surface area contributed by atoms with E-state index in [1.54, 1.807) is 38.7 Å². The molecule has 1 aromatic heterocycles. The molecule has 6 heteroatoms. The minimum Gasteiger partial charge on any atom is -0.495 e. The fraction of sp³-hybridized carbons (Fsp3) is 0.231. The number of anilines is 2. The number of nitrogens with zero attached hydrogens (tertiary/aromatic N) is 2. The molecule has 6 nitrogen and oxygen atoms in total. The Bertz CT molecular complexity index is 637. The first-order valence-corrected chi connectivity index (χ1v) is 5.79. The normalized spacial score (nSPS) is 10.2. The van der Waals surface area contributed by atoms with Crippen molar-refractivity contribution in [3.05, 3.63) is 46.5 Å². The average molecular weight is 260 g/mol. The van der Waals surface area contributed by atoms with Crippen molar-refractivity contribution >= 4 is 11.5 Å². The molecule has 1 heterocycles. The van der Waals surface area contributed by atoms with Crippen LogP contribution in [0.3, 0.4) is 0 Å². The van der Waals surface area contributed by atoms with Gasteiger partial charge in [-0.05, 0) is 17.7 Å². The number of hydrogen-bond donors (Lipinski definition) is 2. The smallest absolute Gasteiger partial charge is 0.293 e. The van der Waals surface area contributed by atoms with E-state index in [0.717, 1.165) is 5.56 Å². The minimum absolute atomic E-state index is 0.163. The Hall–Kier alpha value is -2.50. The summed E-state index contributed by atoms with van der Waals surface area (Å²) in [5.74, 6) is 0.955. The van der Waals surface area contributed by atoms with Gasteiger partial charge in [0.05, 0.1) is 12.8 Å². The molecule has 3 N–H and O–H groups in total. The number of rotatable bonds is 4. The monoisotopic (exact) mass is 260 g/mol. The van der Waals surface area contributed by atoms with Gasteiger partial charge in [-0.15, -0.1) is 0 Å². The molecule has 0 atom stereocenters. The fourth-order valence-electron chi connectivity index (χ4n) is 1.70. The first-order chi connectivity index (χ1) is 9.11. The molecule has 0 bridgehead atoms. The lowest BCUT2D eigenvalue weighted by molar-refractivity contribution is 0.417. The maximum absolute atomic E-state index is 11.8. The zero-order valence-electron chi connectivity index (χ0n) is 10.9. The first kappa shape index (κ1) is 12.9. The van der Waals surface area contributed by atoms with Crippen LogP contribution in [0.15, 0.2) is 35.4 Å². The van der Waals surface area contributed by atoms with Gasteiger partial charge in [0.15, 0.2) is 5.82 Å². The van der Waals surface area contributed by atoms with Crippen LogP contribution in [-0.4, -0.2) is 16.7 Å². The van der Waals surface area contributed by atoms with Gasteiger partial charge in [0.1, 0.15) is 5.75 Å². The van der Waals surface area contributed by atoms with Crippen LogP contribution in [0.1, 0.15) is 5.56 Å². The molecule has 0 saturated carbocycles. The van der Waals surface area contributed by atoms with E-state index in [9.17, 15) is 4.79 Å². The predicted molar refractivity (Wildman–Crippen MR) is 74.2 cm³/mol. The summed E-state index contributed by atoms with van der Waals surface area (Å²) in [6.45, 7) is 0.473. The molecule has 2 rings (SSSR count). The van der Waals surface area contributed by atoms with Crippen LogP contribution < -0.4 is 21.3 Å². The van der Waals surface area contributed by atoms with Crippen LogP contribution in [0.2, 0.25) is 0 Å². The topological polar surface area (TPSA) is 82.2 Å². The lowest BCUT2D eigenvalue weighted by Gasteiger charge is -2.09. The third kappa shape index (κ3) is 2.85. The number of benzene rings is 1. The Morgan fingerprint density at radius 2 is 2.26 bits per heavy atom. The number of ether oxygens (including phenoxy) is 1. The van der Waals surface area contributed by atoms with E-state index in [-0.39, 0.29) is 5.56 Å². The second-order valence-electron chi connectivity index (χ2n) is 4.12. The molecule has 0 aliphatic carbocycles. The number of nitrogens with two attached hydrogens (primary N) is 1. The van der Waals surface area contributed by atoms with Gasteiger partial charge in [0.2, 0.25) is 0 Å². The molecule has 0 aliphatic rings. The molecule has 0 aliphatic heterocycles. The Labute approximate surface area is 110 Å². The molecule has 19 heavy (non-hydrogen) atoms. The van der Waals surface area contributed by atoms with E-state index in [0.29, 0.717) is 23.8 Å². The van der Waals surface area contributed by atoms with Gasteiger partial charge < -0.3 is 20.4 Å². The van der Waals surface area contributed by atoms with Crippen LogP contribution in [0.25, 0.3) is 0 Å². The molecule has 0 saturated heterocycles. The highest BCUT2D eigenvalue weighted by atomic mass is 16.5. The number of aryl methyl sites for hydroxylation is 1. The summed E-state index contributed by atoms with van der Waals surface area (Å²) in [5.41, 5.74) is 7.17. The standard InChI is InChI=1S/C13H16N4O2/c1-17-6-5-15-12(13(17)18)16-8-9-3-4-11(19-2)10(14)7-9/h3-7H,8,14H2,1-2H3,(H,15,16). The summed E-state index contributed by atoms with van der Waals surface area (Å²) in [6, 6.07) is 5.48. The molecule has 0 radical (unpaired) electrons. The highest BCUT2D eigenvalue weighted by Gasteiger charge is 2.04. The number of aromatic nitrogens is 2. The molecular formula is C13H16N4O2. The molecule has 0 spiro atoms. The first-order valence-electron chi connectivity index (χ1n) is 5.79. The molecule has 0 amide bonds. The van der Waals surface area contributed by atoms with Crippen molar-refractivity contribution in [3.63, 3.8) is 0 Å². The number of hydrogen-bond acceptors (Lipinski definition) is 5. The van der Waals surface area contributed by atoms with E-state index in [2.05, 4.69) is 10.3 Å².